The molecule has 2 amide bonds. The van der Waals surface area contributed by atoms with Crippen LogP contribution in [0.2, 0.25) is 0 Å². The van der Waals surface area contributed by atoms with Gasteiger partial charge < -0.3 is 10.6 Å². The van der Waals surface area contributed by atoms with Crippen LogP contribution in [0.1, 0.15) is 19.4 Å². The van der Waals surface area contributed by atoms with E-state index in [9.17, 15) is 9.59 Å². The average molecular weight is 339 g/mol. The summed E-state index contributed by atoms with van der Waals surface area (Å²) in [6.07, 6.45) is 1.57. The number of carbonyl (C=O) groups is 2. The third-order valence-corrected chi connectivity index (χ3v) is 3.57. The Labute approximate surface area is 127 Å². The molecule has 0 aliphatic heterocycles. The molecular weight excluding hydrogens is 320 g/mol. The minimum absolute atomic E-state index is 0.335. The molecule has 1 rings (SSSR count). The first kappa shape index (κ1) is 16.4. The predicted molar refractivity (Wildman–Crippen MR) is 84.5 cm³/mol. The SMILES string of the molecule is C=CCNC(=O)C(C)(C)C(=O)Nc1ccc(C)cc1Br. The first-order valence-corrected chi connectivity index (χ1v) is 7.05. The lowest BCUT2D eigenvalue weighted by atomic mass is 9.91. The van der Waals surface area contributed by atoms with E-state index in [1.165, 1.54) is 0 Å². The summed E-state index contributed by atoms with van der Waals surface area (Å²) in [5.74, 6) is -0.693. The Morgan fingerprint density at radius 1 is 1.35 bits per heavy atom. The van der Waals surface area contributed by atoms with Crippen molar-refractivity contribution in [3.63, 3.8) is 0 Å². The Hall–Kier alpha value is -1.62. The van der Waals surface area contributed by atoms with Crippen LogP contribution in [0.5, 0.6) is 0 Å². The van der Waals surface area contributed by atoms with Crippen LogP contribution in [0.25, 0.3) is 0 Å². The molecule has 20 heavy (non-hydrogen) atoms. The molecule has 0 unspecified atom stereocenters. The van der Waals surface area contributed by atoms with Gasteiger partial charge in [-0.15, -0.1) is 6.58 Å². The average Bonchev–Trinajstić information content (AvgIpc) is 2.38. The van der Waals surface area contributed by atoms with Gasteiger partial charge in [-0.05, 0) is 54.4 Å². The van der Waals surface area contributed by atoms with Gasteiger partial charge in [0, 0.05) is 11.0 Å². The second-order valence-corrected chi connectivity index (χ2v) is 5.92. The highest BCUT2D eigenvalue weighted by molar-refractivity contribution is 9.10. The summed E-state index contributed by atoms with van der Waals surface area (Å²) in [6, 6.07) is 5.60. The molecule has 0 aromatic heterocycles. The van der Waals surface area contributed by atoms with E-state index in [-0.39, 0.29) is 11.8 Å². The normalized spacial score (nSPS) is 10.8. The quantitative estimate of drug-likeness (QED) is 0.640. The summed E-state index contributed by atoms with van der Waals surface area (Å²) in [4.78, 5) is 24.2. The van der Waals surface area contributed by atoms with E-state index < -0.39 is 5.41 Å². The maximum absolute atomic E-state index is 12.3. The third-order valence-electron chi connectivity index (χ3n) is 2.92. The Morgan fingerprint density at radius 2 is 2.00 bits per heavy atom. The molecule has 5 heteroatoms. The van der Waals surface area contributed by atoms with Crippen molar-refractivity contribution in [2.24, 2.45) is 5.41 Å². The molecule has 0 spiro atoms. The zero-order valence-electron chi connectivity index (χ0n) is 11.9. The summed E-state index contributed by atoms with van der Waals surface area (Å²) in [5, 5.41) is 5.40. The van der Waals surface area contributed by atoms with Crippen molar-refractivity contribution in [1.29, 1.82) is 0 Å². The van der Waals surface area contributed by atoms with Gasteiger partial charge in [0.15, 0.2) is 0 Å². The summed E-state index contributed by atoms with van der Waals surface area (Å²) >= 11 is 3.39. The number of hydrogen-bond acceptors (Lipinski definition) is 2. The fourth-order valence-corrected chi connectivity index (χ4v) is 2.08. The molecule has 0 fully saturated rings. The Morgan fingerprint density at radius 3 is 2.55 bits per heavy atom. The van der Waals surface area contributed by atoms with Crippen molar-refractivity contribution in [2.75, 3.05) is 11.9 Å². The van der Waals surface area contributed by atoms with Crippen LogP contribution in [-0.4, -0.2) is 18.4 Å². The minimum Gasteiger partial charge on any atom is -0.352 e. The smallest absolute Gasteiger partial charge is 0.239 e. The number of hydrogen-bond donors (Lipinski definition) is 2. The molecule has 1 aromatic rings. The van der Waals surface area contributed by atoms with Crippen LogP contribution in [-0.2, 0) is 9.59 Å². The van der Waals surface area contributed by atoms with Crippen LogP contribution in [0.4, 0.5) is 5.69 Å². The number of rotatable bonds is 5. The Balaban J connectivity index is 2.83. The molecule has 0 saturated carbocycles. The van der Waals surface area contributed by atoms with Gasteiger partial charge in [-0.3, -0.25) is 9.59 Å². The zero-order chi connectivity index (χ0) is 15.3. The zero-order valence-corrected chi connectivity index (χ0v) is 13.5. The van der Waals surface area contributed by atoms with Crippen LogP contribution in [0.3, 0.4) is 0 Å². The number of anilines is 1. The molecule has 0 atom stereocenters. The molecule has 2 N–H and O–H groups in total. The van der Waals surface area contributed by atoms with E-state index in [2.05, 4.69) is 33.1 Å². The molecule has 1 aromatic carbocycles. The molecule has 0 saturated heterocycles. The third kappa shape index (κ3) is 3.93. The molecule has 0 bridgehead atoms. The van der Waals surface area contributed by atoms with Gasteiger partial charge in [-0.2, -0.15) is 0 Å². The van der Waals surface area contributed by atoms with Crippen molar-refractivity contribution in [1.82, 2.24) is 5.32 Å². The summed E-state index contributed by atoms with van der Waals surface area (Å²) in [7, 11) is 0. The standard InChI is InChI=1S/C15H19BrN2O2/c1-5-8-17-13(19)15(3,4)14(20)18-12-7-6-10(2)9-11(12)16/h5-7,9H,1,8H2,2-4H3,(H,17,19)(H,18,20). The number of aryl methyl sites for hydroxylation is 1. The van der Waals surface area contributed by atoms with E-state index in [0.29, 0.717) is 12.2 Å². The highest BCUT2D eigenvalue weighted by Gasteiger charge is 2.35. The molecule has 4 nitrogen and oxygen atoms in total. The van der Waals surface area contributed by atoms with Crippen molar-refractivity contribution < 1.29 is 9.59 Å². The number of halogens is 1. The lowest BCUT2D eigenvalue weighted by Gasteiger charge is -2.22. The van der Waals surface area contributed by atoms with E-state index in [0.717, 1.165) is 10.0 Å². The van der Waals surface area contributed by atoms with Gasteiger partial charge in [0.25, 0.3) is 0 Å². The molecule has 0 aliphatic carbocycles. The first-order valence-electron chi connectivity index (χ1n) is 6.26. The number of benzene rings is 1. The highest BCUT2D eigenvalue weighted by Crippen LogP contribution is 2.26. The van der Waals surface area contributed by atoms with Gasteiger partial charge in [-0.25, -0.2) is 0 Å². The van der Waals surface area contributed by atoms with Crippen LogP contribution < -0.4 is 10.6 Å². The monoisotopic (exact) mass is 338 g/mol. The first-order chi connectivity index (χ1) is 9.28. The molecule has 0 heterocycles. The number of nitrogens with one attached hydrogen (secondary N) is 2. The van der Waals surface area contributed by atoms with Crippen LogP contribution >= 0.6 is 15.9 Å². The molecule has 108 valence electrons. The lowest BCUT2D eigenvalue weighted by molar-refractivity contribution is -0.138. The lowest BCUT2D eigenvalue weighted by Crippen LogP contribution is -2.45. The molecule has 0 radical (unpaired) electrons. The Kier molecular flexibility index (Phi) is 5.51. The summed E-state index contributed by atoms with van der Waals surface area (Å²) in [5.41, 5.74) is 0.566. The fraction of sp³-hybridized carbons (Fsp3) is 0.333. The van der Waals surface area contributed by atoms with Crippen LogP contribution in [0.15, 0.2) is 35.3 Å². The second kappa shape index (κ2) is 6.70. The van der Waals surface area contributed by atoms with Crippen molar-refractivity contribution >= 4 is 33.4 Å². The summed E-state index contributed by atoms with van der Waals surface area (Å²) in [6.45, 7) is 9.00. The van der Waals surface area contributed by atoms with Gasteiger partial charge in [0.05, 0.1) is 5.69 Å². The maximum atomic E-state index is 12.3. The highest BCUT2D eigenvalue weighted by atomic mass is 79.9. The topological polar surface area (TPSA) is 58.2 Å². The van der Waals surface area contributed by atoms with Gasteiger partial charge in [-0.1, -0.05) is 12.1 Å². The van der Waals surface area contributed by atoms with Crippen LogP contribution in [0, 0.1) is 12.3 Å². The molecule has 0 aliphatic rings. The van der Waals surface area contributed by atoms with E-state index in [4.69, 9.17) is 0 Å². The fourth-order valence-electron chi connectivity index (χ4n) is 1.49. The van der Waals surface area contributed by atoms with Gasteiger partial charge in [0.1, 0.15) is 5.41 Å². The molecular formula is C15H19BrN2O2. The maximum Gasteiger partial charge on any atom is 0.239 e. The van der Waals surface area contributed by atoms with E-state index >= 15 is 0 Å². The van der Waals surface area contributed by atoms with Crippen molar-refractivity contribution in [3.8, 4) is 0 Å². The number of amides is 2. The Bertz CT molecular complexity index is 539. The van der Waals surface area contributed by atoms with Gasteiger partial charge >= 0.3 is 0 Å². The number of carbonyl (C=O) groups excluding carboxylic acids is 2. The van der Waals surface area contributed by atoms with Crippen molar-refractivity contribution in [2.45, 2.75) is 20.8 Å². The second-order valence-electron chi connectivity index (χ2n) is 5.06. The predicted octanol–water partition coefficient (Wildman–Crippen LogP) is 3.02. The van der Waals surface area contributed by atoms with Gasteiger partial charge in [0.2, 0.25) is 11.8 Å². The summed E-state index contributed by atoms with van der Waals surface area (Å²) < 4.78 is 0.785. The van der Waals surface area contributed by atoms with E-state index in [1.807, 2.05) is 19.1 Å². The minimum atomic E-state index is -1.16. The van der Waals surface area contributed by atoms with Crippen molar-refractivity contribution in [3.05, 3.63) is 40.9 Å². The van der Waals surface area contributed by atoms with E-state index in [1.54, 1.807) is 26.0 Å². The largest absolute Gasteiger partial charge is 0.352 e.